The van der Waals surface area contributed by atoms with E-state index in [1.54, 1.807) is 23.6 Å². The van der Waals surface area contributed by atoms with Crippen LogP contribution in [0.3, 0.4) is 0 Å². The second-order valence-corrected chi connectivity index (χ2v) is 5.42. The number of aromatic hydroxyl groups is 1. The van der Waals surface area contributed by atoms with E-state index in [0.717, 1.165) is 5.56 Å². The average Bonchev–Trinajstić information content (AvgIpc) is 2.50. The number of pyridine rings is 2. The van der Waals surface area contributed by atoms with Gasteiger partial charge in [0.05, 0.1) is 5.39 Å². The first-order valence-electron chi connectivity index (χ1n) is 6.38. The normalized spacial score (nSPS) is 15.6. The van der Waals surface area contributed by atoms with Crippen LogP contribution < -0.4 is 11.3 Å². The molecule has 0 bridgehead atoms. The molecule has 0 aliphatic carbocycles. The van der Waals surface area contributed by atoms with Crippen LogP contribution in [0, 0.1) is 0 Å². The maximum Gasteiger partial charge on any atom is 0.262 e. The quantitative estimate of drug-likeness (QED) is 0.311. The van der Waals surface area contributed by atoms with E-state index in [0.29, 0.717) is 34.8 Å². The fourth-order valence-corrected chi connectivity index (χ4v) is 3.09. The summed E-state index contributed by atoms with van der Waals surface area (Å²) in [6, 6.07) is 1.83. The summed E-state index contributed by atoms with van der Waals surface area (Å²) in [5.74, 6) is 5.15. The van der Waals surface area contributed by atoms with Gasteiger partial charge in [0.25, 0.3) is 5.91 Å². The van der Waals surface area contributed by atoms with Crippen molar-refractivity contribution in [3.63, 3.8) is 0 Å². The van der Waals surface area contributed by atoms with Gasteiger partial charge in [-0.2, -0.15) is 5.10 Å². The number of nitrogens with two attached hydrogens (primary N) is 1. The van der Waals surface area contributed by atoms with Crippen LogP contribution in [0.4, 0.5) is 0 Å². The van der Waals surface area contributed by atoms with Crippen LogP contribution >= 0.6 is 15.9 Å². The molecule has 0 unspecified atom stereocenters. The number of carbonyl (C=O) groups is 1. The van der Waals surface area contributed by atoms with Crippen molar-refractivity contribution in [2.45, 2.75) is 11.9 Å². The highest BCUT2D eigenvalue weighted by atomic mass is 79.9. The first kappa shape index (κ1) is 13.9. The van der Waals surface area contributed by atoms with Gasteiger partial charge in [0, 0.05) is 24.6 Å². The number of hydrogen-bond acceptors (Lipinski definition) is 5. The Balaban J connectivity index is 2.54. The van der Waals surface area contributed by atoms with Crippen molar-refractivity contribution in [1.29, 1.82) is 0 Å². The molecule has 0 saturated carbocycles. The van der Waals surface area contributed by atoms with E-state index in [4.69, 9.17) is 5.84 Å². The molecule has 1 amide bonds. The first-order chi connectivity index (χ1) is 10.1. The topological polar surface area (TPSA) is 96.7 Å². The molecular formula is C12H13BBrN5O2. The molecule has 2 aromatic rings. The maximum absolute atomic E-state index is 12.3. The first-order valence-corrected chi connectivity index (χ1v) is 7.51. The molecule has 0 fully saturated rings. The van der Waals surface area contributed by atoms with Gasteiger partial charge in [-0.05, 0) is 11.6 Å². The van der Waals surface area contributed by atoms with Gasteiger partial charge in [0.2, 0.25) is 7.98 Å². The molecule has 0 radical (unpaired) electrons. The Morgan fingerprint density at radius 2 is 2.29 bits per heavy atom. The molecule has 1 aliphatic rings. The molecule has 0 spiro atoms. The third-order valence-corrected chi connectivity index (χ3v) is 4.31. The van der Waals surface area contributed by atoms with Gasteiger partial charge in [-0.3, -0.25) is 9.78 Å². The lowest BCUT2D eigenvalue weighted by Crippen LogP contribution is -2.44. The Hall–Kier alpha value is -2.03. The second kappa shape index (κ2) is 5.07. The monoisotopic (exact) mass is 349 g/mol. The molecule has 2 aromatic heterocycles. The summed E-state index contributed by atoms with van der Waals surface area (Å²) in [6.45, 7) is 1.06. The van der Waals surface area contributed by atoms with Crippen LogP contribution in [-0.4, -0.2) is 39.9 Å². The molecule has 0 saturated heterocycles. The van der Waals surface area contributed by atoms with Crippen LogP contribution in [0.2, 0.25) is 0 Å². The van der Waals surface area contributed by atoms with E-state index in [-0.39, 0.29) is 17.4 Å². The Bertz CT molecular complexity index is 819. The van der Waals surface area contributed by atoms with Crippen molar-refractivity contribution in [3.8, 4) is 5.75 Å². The van der Waals surface area contributed by atoms with Crippen LogP contribution in [0.1, 0.15) is 16.1 Å². The summed E-state index contributed by atoms with van der Waals surface area (Å²) in [5.41, 5.74) is 1.88. The SMILES string of the molecule is BN1CCn2c(c(O)c3nccc(CBr)c3/c2=N/N)C1=O. The molecule has 0 aromatic carbocycles. The second-order valence-electron chi connectivity index (χ2n) is 4.86. The predicted molar refractivity (Wildman–Crippen MR) is 83.4 cm³/mol. The van der Waals surface area contributed by atoms with Crippen molar-refractivity contribution in [3.05, 3.63) is 29.0 Å². The van der Waals surface area contributed by atoms with E-state index < -0.39 is 0 Å². The fourth-order valence-electron chi connectivity index (χ4n) is 2.62. The summed E-state index contributed by atoms with van der Waals surface area (Å²) in [7, 11) is 1.69. The zero-order valence-corrected chi connectivity index (χ0v) is 13.0. The van der Waals surface area contributed by atoms with E-state index in [2.05, 4.69) is 26.0 Å². The molecule has 0 atom stereocenters. The van der Waals surface area contributed by atoms with Crippen LogP contribution in [0.15, 0.2) is 17.4 Å². The fraction of sp³-hybridized carbons (Fsp3) is 0.250. The zero-order valence-electron chi connectivity index (χ0n) is 11.4. The highest BCUT2D eigenvalue weighted by molar-refractivity contribution is 9.08. The third kappa shape index (κ3) is 1.91. The van der Waals surface area contributed by atoms with Crippen LogP contribution in [0.25, 0.3) is 10.9 Å². The lowest BCUT2D eigenvalue weighted by Gasteiger charge is -2.28. The number of hydrogen-bond donors (Lipinski definition) is 2. The van der Waals surface area contributed by atoms with Gasteiger partial charge in [-0.15, -0.1) is 0 Å². The van der Waals surface area contributed by atoms with Gasteiger partial charge >= 0.3 is 0 Å². The molecule has 1 aliphatic heterocycles. The Morgan fingerprint density at radius 1 is 1.52 bits per heavy atom. The van der Waals surface area contributed by atoms with Gasteiger partial charge in [0.15, 0.2) is 16.9 Å². The smallest absolute Gasteiger partial charge is 0.262 e. The number of nitrogens with zero attached hydrogens (tertiary/aromatic N) is 4. The van der Waals surface area contributed by atoms with E-state index in [9.17, 15) is 9.90 Å². The molecule has 3 N–H and O–H groups in total. The molecule has 9 heteroatoms. The molecule has 7 nitrogen and oxygen atoms in total. The van der Waals surface area contributed by atoms with E-state index in [1.165, 1.54) is 0 Å². The van der Waals surface area contributed by atoms with Crippen molar-refractivity contribution in [2.24, 2.45) is 10.9 Å². The predicted octanol–water partition coefficient (Wildman–Crippen LogP) is -0.585. The molecule has 108 valence electrons. The van der Waals surface area contributed by atoms with Crippen molar-refractivity contribution in [2.75, 3.05) is 6.54 Å². The van der Waals surface area contributed by atoms with Crippen LogP contribution in [0.5, 0.6) is 5.75 Å². The largest absolute Gasteiger partial charge is 0.504 e. The number of aromatic nitrogens is 2. The number of halogens is 1. The minimum Gasteiger partial charge on any atom is -0.504 e. The standard InChI is InChI=1S/C12H13BBrN5O2/c13-19-4-3-18-9(12(19)21)10(20)8-7(11(18)17-15)6(5-14)1-2-16-8/h1-2,20H,3-5,13,15H2/b17-11-. The number of rotatable bonds is 1. The Labute approximate surface area is 129 Å². The summed E-state index contributed by atoms with van der Waals surface area (Å²) >= 11 is 3.41. The van der Waals surface area contributed by atoms with Gasteiger partial charge in [-0.1, -0.05) is 15.9 Å². The molecule has 3 heterocycles. The van der Waals surface area contributed by atoms with Crippen molar-refractivity contribution in [1.82, 2.24) is 14.4 Å². The minimum absolute atomic E-state index is 0.128. The lowest BCUT2D eigenvalue weighted by molar-refractivity contribution is 0.0818. The van der Waals surface area contributed by atoms with Crippen molar-refractivity contribution >= 4 is 40.7 Å². The molecular weight excluding hydrogens is 337 g/mol. The summed E-state index contributed by atoms with van der Waals surface area (Å²) in [6.07, 6.45) is 1.59. The van der Waals surface area contributed by atoms with Crippen molar-refractivity contribution < 1.29 is 9.90 Å². The van der Waals surface area contributed by atoms with Crippen LogP contribution in [-0.2, 0) is 11.9 Å². The van der Waals surface area contributed by atoms with Gasteiger partial charge in [0.1, 0.15) is 5.52 Å². The lowest BCUT2D eigenvalue weighted by atomic mass is 10.1. The number of amides is 1. The van der Waals surface area contributed by atoms with E-state index in [1.807, 2.05) is 6.07 Å². The average molecular weight is 350 g/mol. The number of alkyl halides is 1. The maximum atomic E-state index is 12.3. The summed E-state index contributed by atoms with van der Waals surface area (Å²) < 4.78 is 1.66. The third-order valence-electron chi connectivity index (χ3n) is 3.71. The highest BCUT2D eigenvalue weighted by Crippen LogP contribution is 2.29. The Morgan fingerprint density at radius 3 is 2.95 bits per heavy atom. The van der Waals surface area contributed by atoms with Gasteiger partial charge < -0.3 is 20.3 Å². The number of fused-ring (bicyclic) bond motifs is 2. The highest BCUT2D eigenvalue weighted by Gasteiger charge is 2.28. The molecule has 21 heavy (non-hydrogen) atoms. The Kier molecular flexibility index (Phi) is 3.36. The van der Waals surface area contributed by atoms with E-state index >= 15 is 0 Å². The van der Waals surface area contributed by atoms with Gasteiger partial charge in [-0.25, -0.2) is 0 Å². The zero-order chi connectivity index (χ0) is 15.1. The summed E-state index contributed by atoms with van der Waals surface area (Å²) in [5, 5.41) is 15.6. The summed E-state index contributed by atoms with van der Waals surface area (Å²) in [4.78, 5) is 18.1. The number of carbonyl (C=O) groups excluding carboxylic acids is 1. The molecule has 3 rings (SSSR count). The minimum atomic E-state index is -0.267.